The summed E-state index contributed by atoms with van der Waals surface area (Å²) in [5.74, 6) is 3.09. The number of carbonyl (C=O) groups is 2. The molecule has 1 aromatic carbocycles. The highest BCUT2D eigenvalue weighted by atomic mass is 16.2. The fourth-order valence-electron chi connectivity index (χ4n) is 5.60. The number of rotatable bonds is 4. The summed E-state index contributed by atoms with van der Waals surface area (Å²) in [4.78, 5) is 36.2. The molecule has 33 heavy (non-hydrogen) atoms. The summed E-state index contributed by atoms with van der Waals surface area (Å²) in [6.07, 6.45) is 4.61. The van der Waals surface area contributed by atoms with Gasteiger partial charge < -0.3 is 20.0 Å². The second-order valence-electron chi connectivity index (χ2n) is 10.2. The SMILES string of the molecule is CNc1ccc(C(=O)N2CCN(C(=O)N3CC4(CC(c5n[nH]c(C6CC6)n5)C4)C3)CC2)cc1. The third-order valence-electron chi connectivity index (χ3n) is 7.79. The lowest BCUT2D eigenvalue weighted by atomic mass is 9.57. The van der Waals surface area contributed by atoms with Gasteiger partial charge in [0.2, 0.25) is 0 Å². The summed E-state index contributed by atoms with van der Waals surface area (Å²) in [6, 6.07) is 7.63. The Morgan fingerprint density at radius 2 is 1.64 bits per heavy atom. The van der Waals surface area contributed by atoms with E-state index < -0.39 is 0 Å². The molecule has 2 saturated heterocycles. The molecule has 3 heterocycles. The summed E-state index contributed by atoms with van der Waals surface area (Å²) in [5, 5.41) is 10.6. The van der Waals surface area contributed by atoms with Crippen molar-refractivity contribution < 1.29 is 9.59 Å². The van der Waals surface area contributed by atoms with Crippen molar-refractivity contribution in [1.29, 1.82) is 0 Å². The maximum absolute atomic E-state index is 13.0. The Hall–Kier alpha value is -3.10. The quantitative estimate of drug-likeness (QED) is 0.747. The molecule has 2 saturated carbocycles. The van der Waals surface area contributed by atoms with Gasteiger partial charge in [-0.25, -0.2) is 9.78 Å². The van der Waals surface area contributed by atoms with Crippen LogP contribution >= 0.6 is 0 Å². The standard InChI is InChI=1S/C24H31N7O2/c1-25-19-6-4-17(5-7-19)22(32)29-8-10-30(11-9-29)23(33)31-14-24(15-31)12-18(13-24)21-26-20(27-28-21)16-2-3-16/h4-7,16,18,25H,2-3,8-15H2,1H3,(H,26,27,28). The van der Waals surface area contributed by atoms with E-state index in [2.05, 4.69) is 15.5 Å². The van der Waals surface area contributed by atoms with Crippen molar-refractivity contribution in [2.24, 2.45) is 5.41 Å². The van der Waals surface area contributed by atoms with Gasteiger partial charge in [-0.15, -0.1) is 0 Å². The van der Waals surface area contributed by atoms with Gasteiger partial charge in [0.25, 0.3) is 5.91 Å². The zero-order chi connectivity index (χ0) is 22.6. The van der Waals surface area contributed by atoms with Gasteiger partial charge in [-0.05, 0) is 49.9 Å². The first kappa shape index (κ1) is 20.5. The van der Waals surface area contributed by atoms with Gasteiger partial charge in [0.1, 0.15) is 5.82 Å². The van der Waals surface area contributed by atoms with Crippen molar-refractivity contribution in [2.75, 3.05) is 51.6 Å². The average molecular weight is 450 g/mol. The third-order valence-corrected chi connectivity index (χ3v) is 7.79. The molecule has 0 radical (unpaired) electrons. The molecule has 9 nitrogen and oxygen atoms in total. The van der Waals surface area contributed by atoms with Crippen LogP contribution in [0.3, 0.4) is 0 Å². The van der Waals surface area contributed by atoms with Crippen molar-refractivity contribution in [3.8, 4) is 0 Å². The van der Waals surface area contributed by atoms with E-state index >= 15 is 0 Å². The van der Waals surface area contributed by atoms with Crippen LogP contribution in [-0.4, -0.2) is 88.1 Å². The fourth-order valence-corrected chi connectivity index (χ4v) is 5.60. The molecule has 0 atom stereocenters. The number of H-pyrrole nitrogens is 1. The molecule has 6 rings (SSSR count). The van der Waals surface area contributed by atoms with E-state index in [9.17, 15) is 9.59 Å². The number of piperazine rings is 1. The number of urea groups is 1. The van der Waals surface area contributed by atoms with Crippen molar-refractivity contribution in [3.05, 3.63) is 41.5 Å². The van der Waals surface area contributed by atoms with Crippen LogP contribution < -0.4 is 5.32 Å². The fraction of sp³-hybridized carbons (Fsp3) is 0.583. The first-order chi connectivity index (χ1) is 16.0. The van der Waals surface area contributed by atoms with Crippen LogP contribution in [0.2, 0.25) is 0 Å². The molecular formula is C24H31N7O2. The maximum atomic E-state index is 13.0. The Bertz CT molecular complexity index is 1040. The normalized spacial score (nSPS) is 22.2. The Balaban J connectivity index is 0.963. The second kappa shape index (κ2) is 7.74. The maximum Gasteiger partial charge on any atom is 0.320 e. The zero-order valence-corrected chi connectivity index (χ0v) is 19.1. The first-order valence-electron chi connectivity index (χ1n) is 12.1. The summed E-state index contributed by atoms with van der Waals surface area (Å²) in [7, 11) is 1.86. The monoisotopic (exact) mass is 449 g/mol. The molecule has 1 spiro atoms. The number of anilines is 1. The lowest BCUT2D eigenvalue weighted by Gasteiger charge is -2.59. The average Bonchev–Trinajstić information content (AvgIpc) is 3.54. The molecule has 174 valence electrons. The van der Waals surface area contributed by atoms with E-state index in [4.69, 9.17) is 4.98 Å². The van der Waals surface area contributed by atoms with E-state index in [-0.39, 0.29) is 17.4 Å². The van der Waals surface area contributed by atoms with E-state index in [1.165, 1.54) is 12.8 Å². The Kier molecular flexibility index (Phi) is 4.81. The van der Waals surface area contributed by atoms with Crippen molar-refractivity contribution >= 4 is 17.6 Å². The number of nitrogens with zero attached hydrogens (tertiary/aromatic N) is 5. The minimum absolute atomic E-state index is 0.0324. The second-order valence-corrected chi connectivity index (χ2v) is 10.2. The molecule has 2 aromatic rings. The summed E-state index contributed by atoms with van der Waals surface area (Å²) < 4.78 is 0. The number of hydrogen-bond acceptors (Lipinski definition) is 5. The van der Waals surface area contributed by atoms with Crippen LogP contribution in [0.15, 0.2) is 24.3 Å². The lowest BCUT2D eigenvalue weighted by Crippen LogP contribution is -2.66. The number of amides is 3. The van der Waals surface area contributed by atoms with Gasteiger partial charge in [0.15, 0.2) is 5.82 Å². The smallest absolute Gasteiger partial charge is 0.320 e. The highest BCUT2D eigenvalue weighted by Crippen LogP contribution is 2.55. The summed E-state index contributed by atoms with van der Waals surface area (Å²) >= 11 is 0. The van der Waals surface area contributed by atoms with Crippen molar-refractivity contribution in [2.45, 2.75) is 37.5 Å². The molecule has 0 unspecified atom stereocenters. The highest BCUT2D eigenvalue weighted by Gasteiger charge is 2.55. The number of nitrogens with one attached hydrogen (secondary N) is 2. The molecule has 9 heteroatoms. The lowest BCUT2D eigenvalue weighted by molar-refractivity contribution is -0.0577. The first-order valence-corrected chi connectivity index (χ1v) is 12.1. The Labute approximate surface area is 193 Å². The Morgan fingerprint density at radius 1 is 0.970 bits per heavy atom. The van der Waals surface area contributed by atoms with Crippen LogP contribution in [0.25, 0.3) is 0 Å². The van der Waals surface area contributed by atoms with Crippen LogP contribution in [0.1, 0.15) is 59.5 Å². The van der Waals surface area contributed by atoms with Gasteiger partial charge in [-0.3, -0.25) is 9.89 Å². The van der Waals surface area contributed by atoms with Crippen LogP contribution in [-0.2, 0) is 0 Å². The highest BCUT2D eigenvalue weighted by molar-refractivity contribution is 5.94. The van der Waals surface area contributed by atoms with Crippen molar-refractivity contribution in [3.63, 3.8) is 0 Å². The number of hydrogen-bond donors (Lipinski definition) is 2. The van der Waals surface area contributed by atoms with E-state index in [0.717, 1.165) is 43.3 Å². The molecule has 2 N–H and O–H groups in total. The Morgan fingerprint density at radius 3 is 2.27 bits per heavy atom. The number of likely N-dealkylation sites (tertiary alicyclic amines) is 1. The molecule has 4 fully saturated rings. The molecule has 2 aliphatic carbocycles. The summed E-state index contributed by atoms with van der Waals surface area (Å²) in [6.45, 7) is 4.00. The van der Waals surface area contributed by atoms with Gasteiger partial charge in [-0.1, -0.05) is 0 Å². The van der Waals surface area contributed by atoms with Gasteiger partial charge >= 0.3 is 6.03 Å². The largest absolute Gasteiger partial charge is 0.388 e. The molecular weight excluding hydrogens is 418 g/mol. The predicted octanol–water partition coefficient (Wildman–Crippen LogP) is 2.48. The minimum atomic E-state index is 0.0324. The zero-order valence-electron chi connectivity index (χ0n) is 19.1. The molecule has 4 aliphatic rings. The van der Waals surface area contributed by atoms with Gasteiger partial charge in [0, 0.05) is 74.8 Å². The van der Waals surface area contributed by atoms with Crippen molar-refractivity contribution in [1.82, 2.24) is 29.9 Å². The minimum Gasteiger partial charge on any atom is -0.388 e. The summed E-state index contributed by atoms with van der Waals surface area (Å²) in [5.41, 5.74) is 1.93. The van der Waals surface area contributed by atoms with Gasteiger partial charge in [-0.2, -0.15) is 5.10 Å². The van der Waals surface area contributed by atoms with E-state index in [0.29, 0.717) is 43.6 Å². The van der Waals surface area contributed by atoms with Crippen LogP contribution in [0, 0.1) is 5.41 Å². The van der Waals surface area contributed by atoms with E-state index in [1.807, 2.05) is 46.0 Å². The van der Waals surface area contributed by atoms with Gasteiger partial charge in [0.05, 0.1) is 0 Å². The number of aromatic nitrogens is 3. The van der Waals surface area contributed by atoms with Crippen LogP contribution in [0.5, 0.6) is 0 Å². The van der Waals surface area contributed by atoms with Crippen LogP contribution in [0.4, 0.5) is 10.5 Å². The number of aromatic amines is 1. The third kappa shape index (κ3) is 3.73. The number of carbonyl (C=O) groups excluding carboxylic acids is 2. The molecule has 0 bridgehead atoms. The molecule has 2 aliphatic heterocycles. The van der Waals surface area contributed by atoms with E-state index in [1.54, 1.807) is 0 Å². The number of benzene rings is 1. The molecule has 3 amide bonds. The predicted molar refractivity (Wildman–Crippen MR) is 123 cm³/mol. The topological polar surface area (TPSA) is 97.5 Å². The molecule has 1 aromatic heterocycles.